The summed E-state index contributed by atoms with van der Waals surface area (Å²) in [5, 5.41) is 0. The van der Waals surface area contributed by atoms with Gasteiger partial charge in [0.2, 0.25) is 0 Å². The largest absolute Gasteiger partial charge is 2.00 e. The van der Waals surface area contributed by atoms with Crippen LogP contribution in [0.3, 0.4) is 0 Å². The summed E-state index contributed by atoms with van der Waals surface area (Å²) in [4.78, 5) is 50.6. The van der Waals surface area contributed by atoms with Gasteiger partial charge in [0.25, 0.3) is 0 Å². The van der Waals surface area contributed by atoms with Crippen LogP contribution in [0.5, 0.6) is 0 Å². The van der Waals surface area contributed by atoms with E-state index in [9.17, 15) is 45.1 Å². The van der Waals surface area contributed by atoms with Gasteiger partial charge in [-0.05, 0) is 153 Å². The third kappa shape index (κ3) is 76.6. The Hall–Kier alpha value is -3.64. The summed E-state index contributed by atoms with van der Waals surface area (Å²) < 4.78 is 93.9. The molecular weight excluding hydrogens is 1630 g/mol. The average Bonchev–Trinajstić information content (AvgIpc) is 0.795. The summed E-state index contributed by atoms with van der Waals surface area (Å²) in [6.45, 7) is 9.54. The first-order chi connectivity index (χ1) is 60.6. The number of carbonyl (C=O) groups is 4. The standard InChI is InChI=1S/2C54H94O7S.Ca/c2*1-3-5-7-9-11-13-15-17-19-21-23-25-27-29-31-33-35-37-39-41-43-48-60-53(55)50-46-45-47-51(62(57,58)59)52(50)54(56)61-49-44-42-40-38-36-34-32-30-28-26-24-22-20-18-16-14-12-10-8-6-4-2;/h2*29-32,45-47H,3-28,33-44,48-49H2,1-2H3,(H,57,58,59);/q;;+2/p-2/b2*31-29+,32-30+;. The van der Waals surface area contributed by atoms with Crippen LogP contribution in [-0.2, 0) is 39.2 Å². The van der Waals surface area contributed by atoms with E-state index in [2.05, 4.69) is 76.3 Å². The van der Waals surface area contributed by atoms with Crippen LogP contribution in [0.2, 0.25) is 0 Å². The van der Waals surface area contributed by atoms with Gasteiger partial charge in [-0.15, -0.1) is 0 Å². The fourth-order valence-electron chi connectivity index (χ4n) is 16.1. The topological polar surface area (TPSA) is 220 Å². The smallest absolute Gasteiger partial charge is 0.744 e. The number of rotatable bonds is 90. The molecule has 125 heavy (non-hydrogen) atoms. The van der Waals surface area contributed by atoms with E-state index in [0.29, 0.717) is 25.7 Å². The molecule has 0 fully saturated rings. The maximum atomic E-state index is 13.1. The quantitative estimate of drug-likeness (QED) is 0.0150. The second-order valence-electron chi connectivity index (χ2n) is 35.6. The van der Waals surface area contributed by atoms with E-state index < -0.39 is 65.0 Å². The summed E-state index contributed by atoms with van der Waals surface area (Å²) in [5.41, 5.74) is -1.58. The van der Waals surface area contributed by atoms with E-state index in [1.807, 2.05) is 0 Å². The molecule has 0 aliphatic heterocycles. The molecule has 2 aromatic carbocycles. The SMILES string of the molecule is CCCCCCCCCCCCCC/C=C/CCCCCCCOC(=O)c1cccc(S(=O)(=O)[O-])c1C(=O)OCCCCCCC/C=C/CCCCCCCCCCCCCC.CCCCCCCCCCCCCC/C=C/CCCCCCCOC(=O)c1cccc(S(=O)(=O)[O-])c1C(=O)OCCCCCCC/C=C/CCCCCCCCCCCCCC.[Ca+2]. The van der Waals surface area contributed by atoms with Gasteiger partial charge in [0.1, 0.15) is 20.2 Å². The average molecular weight is 1810 g/mol. The van der Waals surface area contributed by atoms with Crippen molar-refractivity contribution in [1.82, 2.24) is 0 Å². The zero-order valence-electron chi connectivity index (χ0n) is 80.9. The van der Waals surface area contributed by atoms with Gasteiger partial charge in [-0.3, -0.25) is 0 Å². The van der Waals surface area contributed by atoms with Crippen LogP contribution in [0, 0.1) is 0 Å². The van der Waals surface area contributed by atoms with E-state index in [1.54, 1.807) is 0 Å². The number of carbonyl (C=O) groups excluding carboxylic acids is 4. The molecule has 0 saturated heterocycles. The number of allylic oxidation sites excluding steroid dienone is 8. The molecule has 0 aliphatic rings. The molecule has 17 heteroatoms. The Morgan fingerprint density at radius 1 is 0.224 bits per heavy atom. The number of esters is 4. The summed E-state index contributed by atoms with van der Waals surface area (Å²) in [7, 11) is -10.1. The normalized spacial score (nSPS) is 11.8. The Morgan fingerprint density at radius 2 is 0.368 bits per heavy atom. The molecule has 0 aromatic heterocycles. The summed E-state index contributed by atoms with van der Waals surface area (Å²) >= 11 is 0. The maximum Gasteiger partial charge on any atom is 2.00 e. The van der Waals surface area contributed by atoms with Crippen LogP contribution in [0.4, 0.5) is 0 Å². The van der Waals surface area contributed by atoms with Gasteiger partial charge in [0.15, 0.2) is 0 Å². The monoisotopic (exact) mass is 1810 g/mol. The van der Waals surface area contributed by atoms with Crippen LogP contribution < -0.4 is 0 Å². The van der Waals surface area contributed by atoms with Gasteiger partial charge in [-0.1, -0.05) is 448 Å². The van der Waals surface area contributed by atoms with Crippen molar-refractivity contribution in [3.05, 3.63) is 107 Å². The fraction of sp³-hybridized carbons (Fsp3) is 0.778. The zero-order chi connectivity index (χ0) is 90.1. The number of ether oxygens (including phenoxy) is 4. The third-order valence-electron chi connectivity index (χ3n) is 24.0. The summed E-state index contributed by atoms with van der Waals surface area (Å²) in [5.74, 6) is -3.64. The van der Waals surface area contributed by atoms with Crippen molar-refractivity contribution in [1.29, 1.82) is 0 Å². The molecule has 0 aliphatic carbocycles. The van der Waals surface area contributed by atoms with Gasteiger partial charge in [-0.25, -0.2) is 36.0 Å². The van der Waals surface area contributed by atoms with Gasteiger partial charge in [0, 0.05) is 0 Å². The van der Waals surface area contributed by atoms with Gasteiger partial charge in [0.05, 0.1) is 58.5 Å². The predicted octanol–water partition coefficient (Wildman–Crippen LogP) is 33.4. The van der Waals surface area contributed by atoms with E-state index in [4.69, 9.17) is 18.9 Å². The molecule has 0 N–H and O–H groups in total. The summed E-state index contributed by atoms with van der Waals surface area (Å²) in [6.07, 6.45) is 113. The van der Waals surface area contributed by atoms with Crippen LogP contribution in [0.1, 0.15) is 557 Å². The molecule has 14 nitrogen and oxygen atoms in total. The van der Waals surface area contributed by atoms with Gasteiger partial charge < -0.3 is 28.1 Å². The number of unbranched alkanes of at least 4 members (excludes halogenated alkanes) is 68. The number of benzene rings is 2. The zero-order valence-corrected chi connectivity index (χ0v) is 84.7. The summed E-state index contributed by atoms with van der Waals surface area (Å²) in [6, 6.07) is 7.26. The maximum absolute atomic E-state index is 13.1. The molecule has 0 unspecified atom stereocenters. The first kappa shape index (κ1) is 121. The minimum absolute atomic E-state index is 0. The fourth-order valence-corrected chi connectivity index (χ4v) is 17.5. The van der Waals surface area contributed by atoms with Crippen LogP contribution in [-0.4, -0.2) is 114 Å². The van der Waals surface area contributed by atoms with Crippen LogP contribution in [0.15, 0.2) is 94.8 Å². The molecular formula is C108H186CaO14S2. The first-order valence-corrected chi connectivity index (χ1v) is 54.9. The van der Waals surface area contributed by atoms with E-state index in [1.165, 1.54) is 345 Å². The molecule has 0 radical (unpaired) electrons. The van der Waals surface area contributed by atoms with Crippen molar-refractivity contribution < 1.29 is 64.1 Å². The Bertz CT molecular complexity index is 2950. The Kier molecular flexibility index (Phi) is 89.5. The van der Waals surface area contributed by atoms with Crippen molar-refractivity contribution in [2.75, 3.05) is 26.4 Å². The third-order valence-corrected chi connectivity index (χ3v) is 25.8. The van der Waals surface area contributed by atoms with Crippen molar-refractivity contribution in [2.24, 2.45) is 0 Å². The molecule has 0 spiro atoms. The van der Waals surface area contributed by atoms with Crippen molar-refractivity contribution in [2.45, 2.75) is 525 Å². The van der Waals surface area contributed by atoms with Gasteiger partial charge >= 0.3 is 61.6 Å². The molecule has 716 valence electrons. The minimum Gasteiger partial charge on any atom is -0.744 e. The Balaban J connectivity index is 0.00000244. The van der Waals surface area contributed by atoms with Crippen molar-refractivity contribution >= 4 is 81.9 Å². The first-order valence-electron chi connectivity index (χ1n) is 52.1. The van der Waals surface area contributed by atoms with Crippen LogP contribution >= 0.6 is 0 Å². The van der Waals surface area contributed by atoms with Gasteiger partial charge in [-0.2, -0.15) is 0 Å². The molecule has 0 bridgehead atoms. The second-order valence-corrected chi connectivity index (χ2v) is 38.3. The Labute approximate surface area is 798 Å². The van der Waals surface area contributed by atoms with E-state index in [0.717, 1.165) is 153 Å². The Morgan fingerprint density at radius 3 is 0.528 bits per heavy atom. The second kappa shape index (κ2) is 92.2. The predicted molar refractivity (Wildman–Crippen MR) is 526 cm³/mol. The number of hydrogen-bond donors (Lipinski definition) is 0. The van der Waals surface area contributed by atoms with E-state index in [-0.39, 0.29) is 75.3 Å². The van der Waals surface area contributed by atoms with Crippen LogP contribution in [0.25, 0.3) is 0 Å². The van der Waals surface area contributed by atoms with Crippen molar-refractivity contribution in [3.8, 4) is 0 Å². The molecule has 0 saturated carbocycles. The van der Waals surface area contributed by atoms with E-state index >= 15 is 0 Å². The van der Waals surface area contributed by atoms with Crippen molar-refractivity contribution in [3.63, 3.8) is 0 Å². The molecule has 0 atom stereocenters. The number of hydrogen-bond acceptors (Lipinski definition) is 14. The molecule has 2 aromatic rings. The molecule has 2 rings (SSSR count). The molecule has 0 amide bonds. The minimum atomic E-state index is -5.03. The molecule has 0 heterocycles.